The van der Waals surface area contributed by atoms with Gasteiger partial charge in [-0.05, 0) is 50.0 Å². The Bertz CT molecular complexity index is 781. The molecular weight excluding hydrogens is 392 g/mol. The molecule has 0 spiro atoms. The average molecular weight is 417 g/mol. The molecule has 1 aromatic carbocycles. The van der Waals surface area contributed by atoms with Gasteiger partial charge in [0.05, 0.1) is 11.4 Å². The summed E-state index contributed by atoms with van der Waals surface area (Å²) in [5.74, 6) is -0.0354. The van der Waals surface area contributed by atoms with Crippen LogP contribution in [0.15, 0.2) is 29.2 Å². The molecule has 3 rings (SSSR count). The highest BCUT2D eigenvalue weighted by Crippen LogP contribution is 2.18. The van der Waals surface area contributed by atoms with Crippen LogP contribution >= 0.6 is 12.4 Å². The number of carbonyl (C=O) groups excluding carboxylic acids is 2. The van der Waals surface area contributed by atoms with Gasteiger partial charge in [0.1, 0.15) is 0 Å². The molecule has 0 aliphatic carbocycles. The quantitative estimate of drug-likeness (QED) is 0.603. The smallest absolute Gasteiger partial charge is 0.251 e. The molecule has 0 saturated carbocycles. The van der Waals surface area contributed by atoms with Gasteiger partial charge >= 0.3 is 0 Å². The molecule has 0 bridgehead atoms. The van der Waals surface area contributed by atoms with Gasteiger partial charge in [-0.25, -0.2) is 8.42 Å². The first-order chi connectivity index (χ1) is 12.5. The van der Waals surface area contributed by atoms with Gasteiger partial charge in [0.25, 0.3) is 5.91 Å². The molecule has 2 heterocycles. The Hall–Kier alpha value is -1.68. The molecule has 1 aromatic rings. The highest BCUT2D eigenvalue weighted by Gasteiger charge is 2.29. The molecule has 2 fully saturated rings. The fourth-order valence-electron chi connectivity index (χ4n) is 3.22. The van der Waals surface area contributed by atoms with E-state index in [2.05, 4.69) is 16.0 Å². The van der Waals surface area contributed by atoms with Gasteiger partial charge in [-0.1, -0.05) is 6.07 Å². The largest absolute Gasteiger partial charge is 0.354 e. The fraction of sp³-hybridized carbons (Fsp3) is 0.529. The minimum absolute atomic E-state index is 0. The molecule has 0 aromatic heterocycles. The first kappa shape index (κ1) is 21.6. The second kappa shape index (κ2) is 9.50. The van der Waals surface area contributed by atoms with E-state index in [-0.39, 0.29) is 48.8 Å². The van der Waals surface area contributed by atoms with Gasteiger partial charge in [0.15, 0.2) is 0 Å². The predicted molar refractivity (Wildman–Crippen MR) is 103 cm³/mol. The van der Waals surface area contributed by atoms with Crippen LogP contribution in [-0.4, -0.2) is 63.8 Å². The van der Waals surface area contributed by atoms with E-state index < -0.39 is 10.0 Å². The maximum atomic E-state index is 12.7. The van der Waals surface area contributed by atoms with Crippen LogP contribution in [0.5, 0.6) is 0 Å². The van der Waals surface area contributed by atoms with E-state index in [0.717, 1.165) is 30.2 Å². The van der Waals surface area contributed by atoms with E-state index in [1.807, 2.05) is 0 Å². The Morgan fingerprint density at radius 1 is 1.30 bits per heavy atom. The van der Waals surface area contributed by atoms with E-state index in [1.165, 1.54) is 12.1 Å². The second-order valence-corrected chi connectivity index (χ2v) is 8.56. The number of hydrogen-bond donors (Lipinski definition) is 3. The SMILES string of the molecule is Cl.O=C1CN(S(=O)(=O)c2cccc(C(=O)NCCC3CCNC3)c2)CCN1. The maximum Gasteiger partial charge on any atom is 0.251 e. The first-order valence-electron chi connectivity index (χ1n) is 8.82. The minimum atomic E-state index is -3.80. The molecule has 27 heavy (non-hydrogen) atoms. The molecular formula is C17H25ClN4O4S. The van der Waals surface area contributed by atoms with Crippen LogP contribution in [0.2, 0.25) is 0 Å². The van der Waals surface area contributed by atoms with Crippen molar-refractivity contribution in [1.29, 1.82) is 0 Å². The van der Waals surface area contributed by atoms with Crippen LogP contribution in [-0.2, 0) is 14.8 Å². The third-order valence-corrected chi connectivity index (χ3v) is 6.58. The molecule has 1 unspecified atom stereocenters. The number of piperazine rings is 1. The first-order valence-corrected chi connectivity index (χ1v) is 10.3. The molecule has 2 amide bonds. The lowest BCUT2D eigenvalue weighted by molar-refractivity contribution is -0.122. The number of sulfonamides is 1. The number of nitrogens with zero attached hydrogens (tertiary/aromatic N) is 1. The number of amides is 2. The van der Waals surface area contributed by atoms with E-state index >= 15 is 0 Å². The summed E-state index contributed by atoms with van der Waals surface area (Å²) in [6, 6.07) is 5.96. The summed E-state index contributed by atoms with van der Waals surface area (Å²) in [6.45, 7) is 2.87. The Morgan fingerprint density at radius 2 is 2.11 bits per heavy atom. The lowest BCUT2D eigenvalue weighted by atomic mass is 10.1. The second-order valence-electron chi connectivity index (χ2n) is 6.62. The van der Waals surface area contributed by atoms with Gasteiger partial charge in [-0.3, -0.25) is 9.59 Å². The third-order valence-electron chi connectivity index (χ3n) is 4.74. The van der Waals surface area contributed by atoms with Gasteiger partial charge in [-0.2, -0.15) is 4.31 Å². The molecule has 3 N–H and O–H groups in total. The zero-order valence-electron chi connectivity index (χ0n) is 14.9. The molecule has 2 saturated heterocycles. The van der Waals surface area contributed by atoms with Crippen LogP contribution in [0.3, 0.4) is 0 Å². The number of nitrogens with one attached hydrogen (secondary N) is 3. The molecule has 8 nitrogen and oxygen atoms in total. The van der Waals surface area contributed by atoms with Crippen molar-refractivity contribution in [1.82, 2.24) is 20.3 Å². The van der Waals surface area contributed by atoms with E-state index in [0.29, 0.717) is 18.0 Å². The van der Waals surface area contributed by atoms with Gasteiger partial charge in [0, 0.05) is 25.2 Å². The van der Waals surface area contributed by atoms with Gasteiger partial charge < -0.3 is 16.0 Å². The third kappa shape index (κ3) is 5.41. The molecule has 0 radical (unpaired) electrons. The Morgan fingerprint density at radius 3 is 2.81 bits per heavy atom. The van der Waals surface area contributed by atoms with Crippen molar-refractivity contribution in [2.24, 2.45) is 5.92 Å². The van der Waals surface area contributed by atoms with Gasteiger partial charge in [0.2, 0.25) is 15.9 Å². The number of benzene rings is 1. The maximum absolute atomic E-state index is 12.7. The molecule has 1 atom stereocenters. The highest BCUT2D eigenvalue weighted by atomic mass is 35.5. The molecule has 2 aliphatic heterocycles. The summed E-state index contributed by atoms with van der Waals surface area (Å²) in [7, 11) is -3.80. The van der Waals surface area contributed by atoms with Crippen molar-refractivity contribution in [2.45, 2.75) is 17.7 Å². The molecule has 2 aliphatic rings. The standard InChI is InChI=1S/C17H24N4O4S.ClH/c22-16-12-21(9-8-19-16)26(24,25)15-3-1-2-14(10-15)17(23)20-7-5-13-4-6-18-11-13;/h1-3,10,13,18H,4-9,11-12H2,(H,19,22)(H,20,23);1H. The van der Waals surface area contributed by atoms with Crippen LogP contribution in [0.25, 0.3) is 0 Å². The molecule has 150 valence electrons. The summed E-state index contributed by atoms with van der Waals surface area (Å²) in [6.07, 6.45) is 2.02. The Kier molecular flexibility index (Phi) is 7.60. The van der Waals surface area contributed by atoms with E-state index in [1.54, 1.807) is 12.1 Å². The predicted octanol–water partition coefficient (Wildman–Crippen LogP) is -0.0417. The molecule has 10 heteroatoms. The zero-order valence-corrected chi connectivity index (χ0v) is 16.6. The number of rotatable bonds is 6. The average Bonchev–Trinajstić information content (AvgIpc) is 3.15. The van der Waals surface area contributed by atoms with E-state index in [4.69, 9.17) is 0 Å². The summed E-state index contributed by atoms with van der Waals surface area (Å²) >= 11 is 0. The topological polar surface area (TPSA) is 108 Å². The van der Waals surface area contributed by atoms with Crippen LogP contribution in [0.4, 0.5) is 0 Å². The summed E-state index contributed by atoms with van der Waals surface area (Å²) < 4.78 is 26.5. The normalized spacial score (nSPS) is 20.6. The van der Waals surface area contributed by atoms with Crippen LogP contribution in [0, 0.1) is 5.92 Å². The highest BCUT2D eigenvalue weighted by molar-refractivity contribution is 7.89. The van der Waals surface area contributed by atoms with Crippen molar-refractivity contribution >= 4 is 34.2 Å². The lowest BCUT2D eigenvalue weighted by Crippen LogP contribution is -2.49. The van der Waals surface area contributed by atoms with Crippen molar-refractivity contribution < 1.29 is 18.0 Å². The summed E-state index contributed by atoms with van der Waals surface area (Å²) in [5, 5.41) is 8.74. The fourth-order valence-corrected chi connectivity index (χ4v) is 4.66. The minimum Gasteiger partial charge on any atom is -0.354 e. The number of halogens is 1. The van der Waals surface area contributed by atoms with Crippen molar-refractivity contribution in [2.75, 3.05) is 39.3 Å². The Labute approximate surface area is 165 Å². The Balaban J connectivity index is 0.00000261. The number of hydrogen-bond acceptors (Lipinski definition) is 5. The monoisotopic (exact) mass is 416 g/mol. The number of carbonyl (C=O) groups is 2. The summed E-state index contributed by atoms with van der Waals surface area (Å²) in [4.78, 5) is 23.8. The van der Waals surface area contributed by atoms with Crippen molar-refractivity contribution in [3.05, 3.63) is 29.8 Å². The summed E-state index contributed by atoms with van der Waals surface area (Å²) in [5.41, 5.74) is 0.303. The van der Waals surface area contributed by atoms with Crippen LogP contribution < -0.4 is 16.0 Å². The van der Waals surface area contributed by atoms with E-state index in [9.17, 15) is 18.0 Å². The van der Waals surface area contributed by atoms with Crippen molar-refractivity contribution in [3.8, 4) is 0 Å². The lowest BCUT2D eigenvalue weighted by Gasteiger charge is -2.26. The van der Waals surface area contributed by atoms with Crippen molar-refractivity contribution in [3.63, 3.8) is 0 Å². The van der Waals surface area contributed by atoms with Crippen LogP contribution in [0.1, 0.15) is 23.2 Å². The van der Waals surface area contributed by atoms with Gasteiger partial charge in [-0.15, -0.1) is 12.4 Å². The zero-order chi connectivity index (χ0) is 18.6.